The zero-order chi connectivity index (χ0) is 21.1. The molecule has 2 fully saturated rings. The Labute approximate surface area is 171 Å². The molecule has 2 bridgehead atoms. The molecule has 0 aromatic carbocycles. The second kappa shape index (κ2) is 12.3. The fourth-order valence-corrected chi connectivity index (χ4v) is 3.91. The largest absolute Gasteiger partial charge is 0.478 e. The summed E-state index contributed by atoms with van der Waals surface area (Å²) >= 11 is 0. The first-order valence-corrected chi connectivity index (χ1v) is 10.4. The Balaban J connectivity index is 1.70. The summed E-state index contributed by atoms with van der Waals surface area (Å²) < 4.78 is 10.9. The van der Waals surface area contributed by atoms with Gasteiger partial charge >= 0.3 is 12.1 Å². The van der Waals surface area contributed by atoms with Crippen LogP contribution < -0.4 is 10.6 Å². The van der Waals surface area contributed by atoms with Crippen LogP contribution in [-0.2, 0) is 19.1 Å². The third kappa shape index (κ3) is 7.89. The van der Waals surface area contributed by atoms with E-state index >= 15 is 0 Å². The van der Waals surface area contributed by atoms with E-state index in [4.69, 9.17) is 14.6 Å². The number of fused-ring (bicyclic) bond motifs is 2. The molecule has 0 spiro atoms. The van der Waals surface area contributed by atoms with Crippen LogP contribution in [0.15, 0.2) is 24.3 Å². The summed E-state index contributed by atoms with van der Waals surface area (Å²) in [6.07, 6.45) is 11.8. The minimum atomic E-state index is -0.946. The molecule has 29 heavy (non-hydrogen) atoms. The lowest BCUT2D eigenvalue weighted by atomic mass is 9.77. The smallest absolute Gasteiger partial charge is 0.407 e. The van der Waals surface area contributed by atoms with Crippen molar-refractivity contribution in [2.45, 2.75) is 57.7 Å². The molecule has 2 amide bonds. The summed E-state index contributed by atoms with van der Waals surface area (Å²) in [6.45, 7) is 2.78. The molecule has 8 heteroatoms. The third-order valence-corrected chi connectivity index (χ3v) is 5.37. The molecule has 0 aromatic rings. The Morgan fingerprint density at radius 2 is 1.86 bits per heavy atom. The normalized spacial score (nSPS) is 25.6. The van der Waals surface area contributed by atoms with Gasteiger partial charge in [0, 0.05) is 25.1 Å². The van der Waals surface area contributed by atoms with Crippen LogP contribution in [0, 0.1) is 11.8 Å². The summed E-state index contributed by atoms with van der Waals surface area (Å²) in [6, 6.07) is 0. The maximum absolute atomic E-state index is 12.0. The van der Waals surface area contributed by atoms with Gasteiger partial charge in [0.25, 0.3) is 5.91 Å². The molecule has 0 saturated carbocycles. The van der Waals surface area contributed by atoms with Gasteiger partial charge in [-0.1, -0.05) is 31.6 Å². The van der Waals surface area contributed by atoms with Crippen molar-refractivity contribution < 1.29 is 29.0 Å². The number of aliphatic carboxylic acids is 1. The van der Waals surface area contributed by atoms with Crippen LogP contribution in [0.25, 0.3) is 0 Å². The van der Waals surface area contributed by atoms with Crippen LogP contribution in [0.2, 0.25) is 0 Å². The SMILES string of the molecule is CCCCNC(=O)OCC(=O)NC[C@H]1[C@@H](C/C=C\C/C=C/C(=O)O)[C@H]2CC[C@@H]1O2. The summed E-state index contributed by atoms with van der Waals surface area (Å²) in [5.74, 6) is -0.702. The monoisotopic (exact) mass is 408 g/mol. The molecular formula is C21H32N2O6. The topological polar surface area (TPSA) is 114 Å². The summed E-state index contributed by atoms with van der Waals surface area (Å²) in [4.78, 5) is 33.9. The Kier molecular flexibility index (Phi) is 9.70. The van der Waals surface area contributed by atoms with Gasteiger partial charge in [0.15, 0.2) is 6.61 Å². The summed E-state index contributed by atoms with van der Waals surface area (Å²) in [5, 5.41) is 14.0. The van der Waals surface area contributed by atoms with Crippen molar-refractivity contribution in [2.75, 3.05) is 19.7 Å². The third-order valence-electron chi connectivity index (χ3n) is 5.37. The van der Waals surface area contributed by atoms with Crippen LogP contribution in [0.5, 0.6) is 0 Å². The van der Waals surface area contributed by atoms with Gasteiger partial charge in [0.2, 0.25) is 0 Å². The van der Waals surface area contributed by atoms with E-state index in [0.717, 1.165) is 38.2 Å². The molecule has 0 unspecified atom stereocenters. The zero-order valence-corrected chi connectivity index (χ0v) is 17.0. The standard InChI is InChI=1S/C21H32N2O6/c1-2-3-12-22-21(27)28-14-19(24)23-13-16-15(17-10-11-18(16)29-17)8-6-4-5-7-9-20(25)26/h4,6-7,9,15-18H,2-3,5,8,10-14H2,1H3,(H,22,27)(H,23,24)(H,25,26)/b6-4-,9-7+/t15-,16+,17-,18+/m1/s1. The van der Waals surface area contributed by atoms with Gasteiger partial charge in [-0.3, -0.25) is 4.79 Å². The first kappa shape index (κ1) is 22.9. The Morgan fingerprint density at radius 3 is 2.59 bits per heavy atom. The van der Waals surface area contributed by atoms with E-state index in [1.807, 2.05) is 13.0 Å². The number of carboxylic acid groups (broad SMARTS) is 1. The number of hydrogen-bond donors (Lipinski definition) is 3. The highest BCUT2D eigenvalue weighted by Gasteiger charge is 2.47. The first-order valence-electron chi connectivity index (χ1n) is 10.4. The molecule has 0 aromatic heterocycles. The molecule has 4 atom stereocenters. The molecular weight excluding hydrogens is 376 g/mol. The van der Waals surface area contributed by atoms with E-state index in [1.54, 1.807) is 6.08 Å². The number of allylic oxidation sites excluding steroid dienone is 3. The van der Waals surface area contributed by atoms with Crippen molar-refractivity contribution in [1.82, 2.24) is 10.6 Å². The number of amides is 2. The minimum Gasteiger partial charge on any atom is -0.478 e. The number of carbonyl (C=O) groups is 3. The summed E-state index contributed by atoms with van der Waals surface area (Å²) in [5.41, 5.74) is 0. The average molecular weight is 408 g/mol. The Hall–Kier alpha value is -2.35. The number of carboxylic acids is 1. The number of ether oxygens (including phenoxy) is 2. The lowest BCUT2D eigenvalue weighted by Gasteiger charge is -2.27. The number of alkyl carbamates (subject to hydrolysis) is 1. The van der Waals surface area contributed by atoms with E-state index in [9.17, 15) is 14.4 Å². The summed E-state index contributed by atoms with van der Waals surface area (Å²) in [7, 11) is 0. The van der Waals surface area contributed by atoms with Crippen molar-refractivity contribution >= 4 is 18.0 Å². The number of hydrogen-bond acceptors (Lipinski definition) is 5. The molecule has 0 radical (unpaired) electrons. The second-order valence-electron chi connectivity index (χ2n) is 7.46. The zero-order valence-electron chi connectivity index (χ0n) is 17.0. The molecule has 2 saturated heterocycles. The fraction of sp³-hybridized carbons (Fsp3) is 0.667. The van der Waals surface area contributed by atoms with Crippen molar-refractivity contribution in [2.24, 2.45) is 11.8 Å². The van der Waals surface area contributed by atoms with E-state index in [2.05, 4.69) is 16.7 Å². The highest BCUT2D eigenvalue weighted by atomic mass is 16.6. The van der Waals surface area contributed by atoms with Crippen molar-refractivity contribution in [3.63, 3.8) is 0 Å². The highest BCUT2D eigenvalue weighted by Crippen LogP contribution is 2.44. The molecule has 2 heterocycles. The van der Waals surface area contributed by atoms with Gasteiger partial charge < -0.3 is 25.2 Å². The van der Waals surface area contributed by atoms with E-state index in [-0.39, 0.29) is 30.6 Å². The lowest BCUT2D eigenvalue weighted by molar-refractivity contribution is -0.131. The van der Waals surface area contributed by atoms with Gasteiger partial charge in [-0.15, -0.1) is 0 Å². The van der Waals surface area contributed by atoms with Crippen LogP contribution in [0.4, 0.5) is 4.79 Å². The molecule has 8 nitrogen and oxygen atoms in total. The number of nitrogens with one attached hydrogen (secondary N) is 2. The van der Waals surface area contributed by atoms with Gasteiger partial charge in [-0.2, -0.15) is 0 Å². The lowest BCUT2D eigenvalue weighted by Crippen LogP contribution is -2.40. The van der Waals surface area contributed by atoms with Crippen molar-refractivity contribution in [3.8, 4) is 0 Å². The number of carbonyl (C=O) groups excluding carboxylic acids is 2. The Bertz CT molecular complexity index is 618. The molecule has 0 aliphatic carbocycles. The quantitative estimate of drug-likeness (QED) is 0.260. The second-order valence-corrected chi connectivity index (χ2v) is 7.46. The van der Waals surface area contributed by atoms with Crippen molar-refractivity contribution in [1.29, 1.82) is 0 Å². The first-order chi connectivity index (χ1) is 14.0. The fourth-order valence-electron chi connectivity index (χ4n) is 3.91. The van der Waals surface area contributed by atoms with E-state index in [1.165, 1.54) is 0 Å². The van der Waals surface area contributed by atoms with Crippen LogP contribution in [-0.4, -0.2) is 55.0 Å². The van der Waals surface area contributed by atoms with Crippen LogP contribution >= 0.6 is 0 Å². The van der Waals surface area contributed by atoms with Crippen LogP contribution in [0.1, 0.15) is 45.4 Å². The highest BCUT2D eigenvalue weighted by molar-refractivity contribution is 5.80. The van der Waals surface area contributed by atoms with Gasteiger partial charge in [0.05, 0.1) is 12.2 Å². The predicted molar refractivity (Wildman–Crippen MR) is 107 cm³/mol. The van der Waals surface area contributed by atoms with Crippen molar-refractivity contribution in [3.05, 3.63) is 24.3 Å². The number of rotatable bonds is 12. The average Bonchev–Trinajstić information content (AvgIpc) is 3.29. The Morgan fingerprint density at radius 1 is 1.10 bits per heavy atom. The predicted octanol–water partition coefficient (Wildman–Crippen LogP) is 2.40. The van der Waals surface area contributed by atoms with E-state index in [0.29, 0.717) is 25.4 Å². The molecule has 162 valence electrons. The maximum Gasteiger partial charge on any atom is 0.407 e. The van der Waals surface area contributed by atoms with Gasteiger partial charge in [-0.25, -0.2) is 9.59 Å². The molecule has 2 aliphatic rings. The maximum atomic E-state index is 12.0. The van der Waals surface area contributed by atoms with E-state index < -0.39 is 12.1 Å². The van der Waals surface area contributed by atoms with Gasteiger partial charge in [0.1, 0.15) is 0 Å². The minimum absolute atomic E-state index is 0.156. The molecule has 2 aliphatic heterocycles. The van der Waals surface area contributed by atoms with Crippen LogP contribution in [0.3, 0.4) is 0 Å². The molecule has 2 rings (SSSR count). The molecule has 3 N–H and O–H groups in total. The number of unbranched alkanes of at least 4 members (excludes halogenated alkanes) is 1. The van der Waals surface area contributed by atoms with Gasteiger partial charge in [-0.05, 0) is 38.0 Å².